The van der Waals surface area contributed by atoms with Crippen LogP contribution in [0.3, 0.4) is 0 Å². The van der Waals surface area contributed by atoms with E-state index < -0.39 is 0 Å². The number of quaternary nitrogens is 1. The number of benzene rings is 2. The van der Waals surface area contributed by atoms with Crippen molar-refractivity contribution in [2.75, 3.05) is 57.2 Å². The van der Waals surface area contributed by atoms with Crippen molar-refractivity contribution in [2.45, 2.75) is 6.42 Å². The zero-order chi connectivity index (χ0) is 19.1. The number of methoxy groups -OCH3 is 2. The van der Waals surface area contributed by atoms with Crippen molar-refractivity contribution >= 4 is 17.3 Å². The van der Waals surface area contributed by atoms with Gasteiger partial charge in [0, 0.05) is 11.8 Å². The largest absolute Gasteiger partial charge is 0.497 e. The number of ether oxygens (including phenoxy) is 2. The minimum atomic E-state index is -0.000424. The van der Waals surface area contributed by atoms with Crippen molar-refractivity contribution < 1.29 is 19.2 Å². The number of rotatable bonds is 7. The summed E-state index contributed by atoms with van der Waals surface area (Å²) in [6, 6.07) is 15.9. The second kappa shape index (κ2) is 9.28. The van der Waals surface area contributed by atoms with Gasteiger partial charge in [-0.3, -0.25) is 4.79 Å². The molecule has 0 aliphatic carbocycles. The van der Waals surface area contributed by atoms with E-state index in [9.17, 15) is 4.79 Å². The molecule has 0 aromatic heterocycles. The summed E-state index contributed by atoms with van der Waals surface area (Å²) < 4.78 is 10.5. The maximum atomic E-state index is 12.4. The molecule has 2 aromatic rings. The van der Waals surface area contributed by atoms with Gasteiger partial charge in [-0.25, -0.2) is 0 Å². The lowest BCUT2D eigenvalue weighted by molar-refractivity contribution is -0.900. The van der Waals surface area contributed by atoms with Crippen LogP contribution >= 0.6 is 0 Å². The molecular formula is C21H28N3O3+. The van der Waals surface area contributed by atoms with E-state index in [1.165, 1.54) is 10.6 Å². The molecule has 2 aromatic carbocycles. The molecule has 0 bridgehead atoms. The van der Waals surface area contributed by atoms with Crippen LogP contribution in [-0.4, -0.2) is 52.9 Å². The Balaban J connectivity index is 1.46. The monoisotopic (exact) mass is 370 g/mol. The minimum absolute atomic E-state index is 0.000424. The molecule has 2 N–H and O–H groups in total. The van der Waals surface area contributed by atoms with Crippen LogP contribution in [0, 0.1) is 0 Å². The fraction of sp³-hybridized carbons (Fsp3) is 0.381. The second-order valence-corrected chi connectivity index (χ2v) is 6.69. The summed E-state index contributed by atoms with van der Waals surface area (Å²) in [5, 5.41) is 2.94. The fourth-order valence-corrected chi connectivity index (χ4v) is 3.38. The third-order valence-electron chi connectivity index (χ3n) is 4.98. The summed E-state index contributed by atoms with van der Waals surface area (Å²) in [5.74, 6) is 1.32. The molecular weight excluding hydrogens is 342 g/mol. The summed E-state index contributed by atoms with van der Waals surface area (Å²) in [4.78, 5) is 16.3. The smallest absolute Gasteiger partial charge is 0.230 e. The van der Waals surface area contributed by atoms with E-state index in [0.29, 0.717) is 23.6 Å². The molecule has 27 heavy (non-hydrogen) atoms. The van der Waals surface area contributed by atoms with Gasteiger partial charge in [0.15, 0.2) is 0 Å². The Bertz CT molecular complexity index is 744. The summed E-state index contributed by atoms with van der Waals surface area (Å²) in [6.45, 7) is 4.96. The lowest BCUT2D eigenvalue weighted by atomic mass is 10.2. The van der Waals surface area contributed by atoms with Crippen LogP contribution in [0.25, 0.3) is 0 Å². The molecule has 1 fully saturated rings. The van der Waals surface area contributed by atoms with E-state index in [4.69, 9.17) is 9.47 Å². The van der Waals surface area contributed by atoms with Gasteiger partial charge in [0.05, 0.1) is 59.1 Å². The molecule has 0 saturated carbocycles. The van der Waals surface area contributed by atoms with Crippen LogP contribution in [0.4, 0.5) is 11.4 Å². The maximum Gasteiger partial charge on any atom is 0.230 e. The minimum Gasteiger partial charge on any atom is -0.497 e. The number of piperazine rings is 1. The van der Waals surface area contributed by atoms with Crippen LogP contribution in [0.1, 0.15) is 6.42 Å². The SMILES string of the molecule is COc1ccc(OC)c(NC(=O)CC[NH+]2CCN(c3ccccc3)CC2)c1. The topological polar surface area (TPSA) is 55.2 Å². The standard InChI is InChI=1S/C21H27N3O3/c1-26-18-8-9-20(27-2)19(16-18)22-21(25)10-11-23-12-14-24(15-13-23)17-6-4-3-5-7-17/h3-9,16H,10-15H2,1-2H3,(H,22,25)/p+1. The molecule has 0 unspecified atom stereocenters. The Hall–Kier alpha value is -2.73. The van der Waals surface area contributed by atoms with Gasteiger partial charge in [-0.15, -0.1) is 0 Å². The highest BCUT2D eigenvalue weighted by Gasteiger charge is 2.21. The predicted octanol–water partition coefficient (Wildman–Crippen LogP) is 1.44. The highest BCUT2D eigenvalue weighted by Crippen LogP contribution is 2.28. The summed E-state index contributed by atoms with van der Waals surface area (Å²) in [7, 11) is 3.19. The molecule has 3 rings (SSSR count). The quantitative estimate of drug-likeness (QED) is 0.774. The third kappa shape index (κ3) is 5.14. The number of hydrogen-bond donors (Lipinski definition) is 2. The molecule has 1 aliphatic heterocycles. The second-order valence-electron chi connectivity index (χ2n) is 6.69. The van der Waals surface area contributed by atoms with Gasteiger partial charge in [-0.1, -0.05) is 18.2 Å². The first-order valence-electron chi connectivity index (χ1n) is 9.35. The van der Waals surface area contributed by atoms with Crippen molar-refractivity contribution in [1.29, 1.82) is 0 Å². The number of nitrogens with one attached hydrogen (secondary N) is 2. The molecule has 0 atom stereocenters. The first-order chi connectivity index (χ1) is 13.2. The van der Waals surface area contributed by atoms with E-state index in [-0.39, 0.29) is 5.91 Å². The molecule has 0 radical (unpaired) electrons. The van der Waals surface area contributed by atoms with E-state index in [1.54, 1.807) is 26.4 Å². The van der Waals surface area contributed by atoms with E-state index >= 15 is 0 Å². The van der Waals surface area contributed by atoms with Gasteiger partial charge in [0.2, 0.25) is 5.91 Å². The third-order valence-corrected chi connectivity index (χ3v) is 4.98. The molecule has 1 saturated heterocycles. The van der Waals surface area contributed by atoms with Crippen molar-refractivity contribution in [3.05, 3.63) is 48.5 Å². The molecule has 6 nitrogen and oxygen atoms in total. The Morgan fingerprint density at radius 3 is 2.48 bits per heavy atom. The van der Waals surface area contributed by atoms with Gasteiger partial charge in [0.1, 0.15) is 11.5 Å². The van der Waals surface area contributed by atoms with Gasteiger partial charge >= 0.3 is 0 Å². The number of carbonyl (C=O) groups is 1. The van der Waals surface area contributed by atoms with Crippen molar-refractivity contribution in [2.24, 2.45) is 0 Å². The van der Waals surface area contributed by atoms with Gasteiger partial charge < -0.3 is 24.6 Å². The lowest BCUT2D eigenvalue weighted by Gasteiger charge is -2.33. The van der Waals surface area contributed by atoms with Crippen LogP contribution in [-0.2, 0) is 4.79 Å². The first-order valence-corrected chi connectivity index (χ1v) is 9.35. The van der Waals surface area contributed by atoms with E-state index in [0.717, 1.165) is 32.7 Å². The maximum absolute atomic E-state index is 12.4. The Morgan fingerprint density at radius 1 is 1.07 bits per heavy atom. The normalized spacial score (nSPS) is 14.7. The summed E-state index contributed by atoms with van der Waals surface area (Å²) >= 11 is 0. The van der Waals surface area contributed by atoms with Crippen LogP contribution in [0.5, 0.6) is 11.5 Å². The number of amides is 1. The van der Waals surface area contributed by atoms with Gasteiger partial charge in [-0.2, -0.15) is 0 Å². The van der Waals surface area contributed by atoms with Gasteiger partial charge in [-0.05, 0) is 24.3 Å². The molecule has 0 spiro atoms. The van der Waals surface area contributed by atoms with Crippen LogP contribution < -0.4 is 24.6 Å². The van der Waals surface area contributed by atoms with Crippen molar-refractivity contribution in [1.82, 2.24) is 0 Å². The van der Waals surface area contributed by atoms with E-state index in [1.807, 2.05) is 12.1 Å². The van der Waals surface area contributed by atoms with E-state index in [2.05, 4.69) is 34.5 Å². The Morgan fingerprint density at radius 2 is 1.81 bits per heavy atom. The predicted molar refractivity (Wildman–Crippen MR) is 107 cm³/mol. The average molecular weight is 370 g/mol. The molecule has 1 aliphatic rings. The van der Waals surface area contributed by atoms with Gasteiger partial charge in [0.25, 0.3) is 0 Å². The Labute approximate surface area is 160 Å². The molecule has 144 valence electrons. The van der Waals surface area contributed by atoms with Crippen molar-refractivity contribution in [3.63, 3.8) is 0 Å². The molecule has 1 amide bonds. The number of para-hydroxylation sites is 1. The zero-order valence-corrected chi connectivity index (χ0v) is 16.0. The molecule has 6 heteroatoms. The zero-order valence-electron chi connectivity index (χ0n) is 16.0. The number of hydrogen-bond acceptors (Lipinski definition) is 4. The Kier molecular flexibility index (Phi) is 6.54. The summed E-state index contributed by atoms with van der Waals surface area (Å²) in [5.41, 5.74) is 1.92. The van der Waals surface area contributed by atoms with Crippen molar-refractivity contribution in [3.8, 4) is 11.5 Å². The highest BCUT2D eigenvalue weighted by molar-refractivity contribution is 5.92. The van der Waals surface area contributed by atoms with Crippen LogP contribution in [0.2, 0.25) is 0 Å². The van der Waals surface area contributed by atoms with Crippen LogP contribution in [0.15, 0.2) is 48.5 Å². The average Bonchev–Trinajstić information content (AvgIpc) is 2.73. The highest BCUT2D eigenvalue weighted by atomic mass is 16.5. The first kappa shape index (κ1) is 19.0. The number of carbonyl (C=O) groups excluding carboxylic acids is 1. The molecule has 1 heterocycles. The lowest BCUT2D eigenvalue weighted by Crippen LogP contribution is -3.15. The number of nitrogens with zero attached hydrogens (tertiary/aromatic N) is 1. The number of anilines is 2. The fourth-order valence-electron chi connectivity index (χ4n) is 3.38. The summed E-state index contributed by atoms with van der Waals surface area (Å²) in [6.07, 6.45) is 0.487.